The summed E-state index contributed by atoms with van der Waals surface area (Å²) in [5.74, 6) is -0.153. The van der Waals surface area contributed by atoms with E-state index in [4.69, 9.17) is 4.74 Å². The van der Waals surface area contributed by atoms with E-state index in [2.05, 4.69) is 4.72 Å². The van der Waals surface area contributed by atoms with Crippen molar-refractivity contribution in [1.82, 2.24) is 9.62 Å². The van der Waals surface area contributed by atoms with Gasteiger partial charge in [0.1, 0.15) is 0 Å². The standard InChI is InChI=1S/C21H26N2O4S/c1-16-6-3-4-7-18(16)15-23(2)21(24)17-9-11-20(12-10-17)28(25,26)22-14-19-8-5-13-27-19/h3-4,6-7,9-12,19,22H,5,8,13-15H2,1-2H3. The van der Waals surface area contributed by atoms with Crippen LogP contribution in [0, 0.1) is 6.92 Å². The number of hydrogen-bond donors (Lipinski definition) is 1. The summed E-state index contributed by atoms with van der Waals surface area (Å²) in [6, 6.07) is 14.0. The number of aryl methyl sites for hydroxylation is 1. The predicted molar refractivity (Wildman–Crippen MR) is 108 cm³/mol. The molecule has 1 aliphatic rings. The first-order valence-electron chi connectivity index (χ1n) is 9.38. The summed E-state index contributed by atoms with van der Waals surface area (Å²) >= 11 is 0. The van der Waals surface area contributed by atoms with E-state index in [1.54, 1.807) is 24.1 Å². The molecule has 0 spiro atoms. The van der Waals surface area contributed by atoms with Crippen molar-refractivity contribution in [2.24, 2.45) is 0 Å². The predicted octanol–water partition coefficient (Wildman–Crippen LogP) is 2.72. The zero-order valence-electron chi connectivity index (χ0n) is 16.2. The average Bonchev–Trinajstić information content (AvgIpc) is 3.21. The molecule has 1 fully saturated rings. The van der Waals surface area contributed by atoms with Crippen LogP contribution in [0.15, 0.2) is 53.4 Å². The summed E-state index contributed by atoms with van der Waals surface area (Å²) in [5.41, 5.74) is 2.66. The second-order valence-corrected chi connectivity index (χ2v) is 8.87. The number of nitrogens with zero attached hydrogens (tertiary/aromatic N) is 1. The van der Waals surface area contributed by atoms with E-state index in [0.29, 0.717) is 18.7 Å². The molecular weight excluding hydrogens is 376 g/mol. The summed E-state index contributed by atoms with van der Waals surface area (Å²) in [6.07, 6.45) is 1.76. The molecule has 28 heavy (non-hydrogen) atoms. The summed E-state index contributed by atoms with van der Waals surface area (Å²) < 4.78 is 32.9. The van der Waals surface area contributed by atoms with Gasteiger partial charge < -0.3 is 9.64 Å². The van der Waals surface area contributed by atoms with Crippen LogP contribution < -0.4 is 4.72 Å². The van der Waals surface area contributed by atoms with E-state index < -0.39 is 10.0 Å². The zero-order valence-corrected chi connectivity index (χ0v) is 17.0. The molecule has 150 valence electrons. The van der Waals surface area contributed by atoms with Crippen molar-refractivity contribution in [1.29, 1.82) is 0 Å². The van der Waals surface area contributed by atoms with Gasteiger partial charge in [0.15, 0.2) is 0 Å². The fourth-order valence-corrected chi connectivity index (χ4v) is 4.27. The van der Waals surface area contributed by atoms with Crippen molar-refractivity contribution in [3.05, 3.63) is 65.2 Å². The maximum Gasteiger partial charge on any atom is 0.253 e. The lowest BCUT2D eigenvalue weighted by Crippen LogP contribution is -2.32. The lowest BCUT2D eigenvalue weighted by atomic mass is 10.1. The molecule has 1 heterocycles. The van der Waals surface area contributed by atoms with Gasteiger partial charge in [-0.3, -0.25) is 4.79 Å². The molecule has 7 heteroatoms. The number of sulfonamides is 1. The first-order valence-corrected chi connectivity index (χ1v) is 10.9. The van der Waals surface area contributed by atoms with E-state index in [1.807, 2.05) is 31.2 Å². The molecule has 6 nitrogen and oxygen atoms in total. The van der Waals surface area contributed by atoms with Crippen molar-refractivity contribution >= 4 is 15.9 Å². The second kappa shape index (κ2) is 8.86. The Morgan fingerprint density at radius 2 is 1.89 bits per heavy atom. The first-order chi connectivity index (χ1) is 13.4. The van der Waals surface area contributed by atoms with Gasteiger partial charge in [-0.25, -0.2) is 13.1 Å². The van der Waals surface area contributed by atoms with Crippen molar-refractivity contribution in [2.75, 3.05) is 20.2 Å². The number of nitrogens with one attached hydrogen (secondary N) is 1. The van der Waals surface area contributed by atoms with Crippen LogP contribution in [-0.4, -0.2) is 45.5 Å². The molecule has 1 atom stereocenters. The van der Waals surface area contributed by atoms with Crippen LogP contribution in [-0.2, 0) is 21.3 Å². The molecule has 2 aromatic rings. The highest BCUT2D eigenvalue weighted by Crippen LogP contribution is 2.16. The summed E-state index contributed by atoms with van der Waals surface area (Å²) in [7, 11) is -1.88. The Morgan fingerprint density at radius 1 is 1.18 bits per heavy atom. The number of amides is 1. The van der Waals surface area contributed by atoms with Crippen molar-refractivity contribution in [2.45, 2.75) is 37.3 Å². The Kier molecular flexibility index (Phi) is 6.49. The molecule has 0 radical (unpaired) electrons. The number of benzene rings is 2. The van der Waals surface area contributed by atoms with Crippen LogP contribution in [0.1, 0.15) is 34.3 Å². The van der Waals surface area contributed by atoms with Gasteiger partial charge in [-0.1, -0.05) is 24.3 Å². The van der Waals surface area contributed by atoms with Crippen LogP contribution in [0.2, 0.25) is 0 Å². The largest absolute Gasteiger partial charge is 0.377 e. The van der Waals surface area contributed by atoms with Gasteiger partial charge >= 0.3 is 0 Å². The number of ether oxygens (including phenoxy) is 1. The molecule has 1 unspecified atom stereocenters. The molecule has 0 bridgehead atoms. The highest BCUT2D eigenvalue weighted by molar-refractivity contribution is 7.89. The molecule has 0 aromatic heterocycles. The SMILES string of the molecule is Cc1ccccc1CN(C)C(=O)c1ccc(S(=O)(=O)NCC2CCCO2)cc1. The number of carbonyl (C=O) groups excluding carboxylic acids is 1. The summed E-state index contributed by atoms with van der Waals surface area (Å²) in [4.78, 5) is 14.4. The Morgan fingerprint density at radius 3 is 2.54 bits per heavy atom. The smallest absolute Gasteiger partial charge is 0.253 e. The molecule has 0 aliphatic carbocycles. The third kappa shape index (κ3) is 4.98. The van der Waals surface area contributed by atoms with Crippen LogP contribution in [0.25, 0.3) is 0 Å². The maximum atomic E-state index is 12.7. The third-order valence-corrected chi connectivity index (χ3v) is 6.39. The van der Waals surface area contributed by atoms with Crippen molar-refractivity contribution in [3.8, 4) is 0 Å². The van der Waals surface area contributed by atoms with Gasteiger partial charge in [0, 0.05) is 32.3 Å². The molecule has 1 saturated heterocycles. The fraction of sp³-hybridized carbons (Fsp3) is 0.381. The Bertz CT molecular complexity index is 920. The molecular formula is C21H26N2O4S. The minimum atomic E-state index is -3.62. The average molecular weight is 403 g/mol. The van der Waals surface area contributed by atoms with Crippen molar-refractivity contribution < 1.29 is 17.9 Å². The van der Waals surface area contributed by atoms with E-state index in [-0.39, 0.29) is 23.5 Å². The van der Waals surface area contributed by atoms with Gasteiger partial charge in [0.05, 0.1) is 11.0 Å². The molecule has 2 aromatic carbocycles. The number of rotatable bonds is 7. The Balaban J connectivity index is 1.64. The van der Waals surface area contributed by atoms with Crippen LogP contribution in [0.5, 0.6) is 0 Å². The summed E-state index contributed by atoms with van der Waals surface area (Å²) in [6.45, 7) is 3.45. The van der Waals surface area contributed by atoms with Crippen LogP contribution >= 0.6 is 0 Å². The van der Waals surface area contributed by atoms with Crippen LogP contribution in [0.4, 0.5) is 0 Å². The highest BCUT2D eigenvalue weighted by atomic mass is 32.2. The second-order valence-electron chi connectivity index (χ2n) is 7.10. The third-order valence-electron chi connectivity index (χ3n) is 4.95. The van der Waals surface area contributed by atoms with Gasteiger partial charge in [-0.05, 0) is 55.2 Å². The Hall–Kier alpha value is -2.22. The number of carbonyl (C=O) groups is 1. The topological polar surface area (TPSA) is 75.7 Å². The molecule has 1 aliphatic heterocycles. The highest BCUT2D eigenvalue weighted by Gasteiger charge is 2.21. The van der Waals surface area contributed by atoms with Gasteiger partial charge in [0.25, 0.3) is 5.91 Å². The normalized spacial score (nSPS) is 16.9. The van der Waals surface area contributed by atoms with E-state index in [9.17, 15) is 13.2 Å². The molecule has 0 saturated carbocycles. The molecule has 1 amide bonds. The molecule has 3 rings (SSSR count). The fourth-order valence-electron chi connectivity index (χ4n) is 3.20. The van der Waals surface area contributed by atoms with E-state index >= 15 is 0 Å². The monoisotopic (exact) mass is 402 g/mol. The lowest BCUT2D eigenvalue weighted by molar-refractivity contribution is 0.0785. The minimum absolute atomic E-state index is 0.0641. The molecule has 1 N–H and O–H groups in total. The zero-order chi connectivity index (χ0) is 20.1. The van der Waals surface area contributed by atoms with E-state index in [0.717, 1.165) is 24.0 Å². The van der Waals surface area contributed by atoms with Gasteiger partial charge in [-0.2, -0.15) is 0 Å². The van der Waals surface area contributed by atoms with Gasteiger partial charge in [0.2, 0.25) is 10.0 Å². The van der Waals surface area contributed by atoms with Crippen molar-refractivity contribution in [3.63, 3.8) is 0 Å². The Labute approximate surface area is 166 Å². The minimum Gasteiger partial charge on any atom is -0.377 e. The number of hydrogen-bond acceptors (Lipinski definition) is 4. The first kappa shape index (κ1) is 20.5. The van der Waals surface area contributed by atoms with Gasteiger partial charge in [-0.15, -0.1) is 0 Å². The van der Waals surface area contributed by atoms with E-state index in [1.165, 1.54) is 12.1 Å². The summed E-state index contributed by atoms with van der Waals surface area (Å²) in [5, 5.41) is 0. The maximum absolute atomic E-state index is 12.7. The van der Waals surface area contributed by atoms with Crippen LogP contribution in [0.3, 0.4) is 0 Å². The lowest BCUT2D eigenvalue weighted by Gasteiger charge is -2.19. The quantitative estimate of drug-likeness (QED) is 0.773.